The number of hydrogen-bond donors (Lipinski definition) is 1. The third-order valence-electron chi connectivity index (χ3n) is 4.24. The maximum atomic E-state index is 3.63. The van der Waals surface area contributed by atoms with Gasteiger partial charge in [0.2, 0.25) is 0 Å². The average molecular weight is 281 g/mol. The van der Waals surface area contributed by atoms with E-state index in [1.807, 2.05) is 0 Å². The second-order valence-electron chi connectivity index (χ2n) is 6.10. The molecule has 0 heterocycles. The summed E-state index contributed by atoms with van der Waals surface area (Å²) in [7, 11) is 0. The molecule has 0 radical (unpaired) electrons. The van der Waals surface area contributed by atoms with Gasteiger partial charge in [0.1, 0.15) is 0 Å². The molecule has 0 aliphatic heterocycles. The number of benzene rings is 2. The minimum absolute atomic E-state index is 0.523. The molecule has 0 aliphatic rings. The van der Waals surface area contributed by atoms with Gasteiger partial charge >= 0.3 is 0 Å². The number of nitrogens with one attached hydrogen (secondary N) is 1. The van der Waals surface area contributed by atoms with Crippen LogP contribution in [0.1, 0.15) is 39.2 Å². The molecule has 2 aromatic carbocycles. The number of rotatable bonds is 6. The molecule has 1 nitrogen and oxygen atoms in total. The van der Waals surface area contributed by atoms with Gasteiger partial charge < -0.3 is 5.32 Å². The Bertz CT molecular complexity index is 528. The fourth-order valence-corrected chi connectivity index (χ4v) is 3.04. The van der Waals surface area contributed by atoms with Crippen LogP contribution in [0.2, 0.25) is 0 Å². The highest BCUT2D eigenvalue weighted by molar-refractivity contribution is 5.63. The Morgan fingerprint density at radius 2 is 1.38 bits per heavy atom. The van der Waals surface area contributed by atoms with Gasteiger partial charge in [0.15, 0.2) is 0 Å². The van der Waals surface area contributed by atoms with E-state index in [-0.39, 0.29) is 0 Å². The Morgan fingerprint density at radius 1 is 0.810 bits per heavy atom. The van der Waals surface area contributed by atoms with Crippen molar-refractivity contribution in [2.75, 3.05) is 6.54 Å². The third-order valence-corrected chi connectivity index (χ3v) is 4.24. The molecule has 2 atom stereocenters. The van der Waals surface area contributed by atoms with Gasteiger partial charge in [0.25, 0.3) is 0 Å². The molecular weight excluding hydrogens is 254 g/mol. The van der Waals surface area contributed by atoms with Crippen molar-refractivity contribution in [3.05, 3.63) is 60.2 Å². The van der Waals surface area contributed by atoms with Gasteiger partial charge in [-0.3, -0.25) is 0 Å². The van der Waals surface area contributed by atoms with E-state index >= 15 is 0 Å². The van der Waals surface area contributed by atoms with Gasteiger partial charge in [0, 0.05) is 6.04 Å². The highest BCUT2D eigenvalue weighted by Gasteiger charge is 2.21. The van der Waals surface area contributed by atoms with Gasteiger partial charge in [0.05, 0.1) is 0 Å². The first-order valence-corrected chi connectivity index (χ1v) is 8.02. The molecule has 2 aromatic rings. The SMILES string of the molecule is CCNC(C(C)C)C(C)c1ccc(-c2ccccc2)cc1. The predicted octanol–water partition coefficient (Wildman–Crippen LogP) is 5.09. The highest BCUT2D eigenvalue weighted by Crippen LogP contribution is 2.27. The Labute approximate surface area is 129 Å². The summed E-state index contributed by atoms with van der Waals surface area (Å²) in [5.41, 5.74) is 3.98. The van der Waals surface area contributed by atoms with Crippen LogP contribution in [0.25, 0.3) is 11.1 Å². The van der Waals surface area contributed by atoms with Crippen molar-refractivity contribution in [2.45, 2.75) is 39.7 Å². The Morgan fingerprint density at radius 3 is 1.90 bits per heavy atom. The fourth-order valence-electron chi connectivity index (χ4n) is 3.04. The van der Waals surface area contributed by atoms with E-state index in [4.69, 9.17) is 0 Å². The fraction of sp³-hybridized carbons (Fsp3) is 0.400. The van der Waals surface area contributed by atoms with Crippen LogP contribution in [0.15, 0.2) is 54.6 Å². The molecule has 2 unspecified atom stereocenters. The molecule has 21 heavy (non-hydrogen) atoms. The topological polar surface area (TPSA) is 12.0 Å². The summed E-state index contributed by atoms with van der Waals surface area (Å²) in [5.74, 6) is 1.16. The first-order chi connectivity index (χ1) is 10.1. The Kier molecular flexibility index (Phi) is 5.58. The van der Waals surface area contributed by atoms with Crippen molar-refractivity contribution < 1.29 is 0 Å². The van der Waals surface area contributed by atoms with E-state index in [9.17, 15) is 0 Å². The predicted molar refractivity (Wildman–Crippen MR) is 92.6 cm³/mol. The maximum absolute atomic E-state index is 3.63. The standard InChI is InChI=1S/C20H27N/c1-5-21-20(15(2)3)16(4)17-11-13-19(14-12-17)18-9-7-6-8-10-18/h6-16,20-21H,5H2,1-4H3. The van der Waals surface area contributed by atoms with Gasteiger partial charge in [-0.25, -0.2) is 0 Å². The molecule has 0 aliphatic carbocycles. The molecule has 0 bridgehead atoms. The number of hydrogen-bond acceptors (Lipinski definition) is 1. The van der Waals surface area contributed by atoms with Crippen molar-refractivity contribution in [3.8, 4) is 11.1 Å². The van der Waals surface area contributed by atoms with E-state index in [1.165, 1.54) is 16.7 Å². The Hall–Kier alpha value is -1.60. The monoisotopic (exact) mass is 281 g/mol. The highest BCUT2D eigenvalue weighted by atomic mass is 14.9. The molecule has 2 rings (SSSR count). The number of likely N-dealkylation sites (N-methyl/N-ethyl adjacent to an activating group) is 1. The van der Waals surface area contributed by atoms with E-state index < -0.39 is 0 Å². The van der Waals surface area contributed by atoms with Crippen LogP contribution in [-0.2, 0) is 0 Å². The molecule has 1 N–H and O–H groups in total. The van der Waals surface area contributed by atoms with Crippen LogP contribution in [-0.4, -0.2) is 12.6 Å². The summed E-state index contributed by atoms with van der Waals surface area (Å²) in [6.07, 6.45) is 0. The lowest BCUT2D eigenvalue weighted by Gasteiger charge is -2.28. The largest absolute Gasteiger partial charge is 0.313 e. The van der Waals surface area contributed by atoms with Crippen molar-refractivity contribution in [3.63, 3.8) is 0 Å². The molecule has 0 aromatic heterocycles. The zero-order valence-electron chi connectivity index (χ0n) is 13.6. The summed E-state index contributed by atoms with van der Waals surface area (Å²) in [6.45, 7) is 10.1. The van der Waals surface area contributed by atoms with Gasteiger partial charge in [-0.05, 0) is 35.1 Å². The summed E-state index contributed by atoms with van der Waals surface area (Å²) in [5, 5.41) is 3.63. The Balaban J connectivity index is 2.18. The van der Waals surface area contributed by atoms with Crippen LogP contribution in [0.4, 0.5) is 0 Å². The molecule has 0 saturated carbocycles. The van der Waals surface area contributed by atoms with Crippen molar-refractivity contribution in [2.24, 2.45) is 5.92 Å². The lowest BCUT2D eigenvalue weighted by atomic mass is 9.86. The van der Waals surface area contributed by atoms with Crippen LogP contribution >= 0.6 is 0 Å². The molecule has 0 fully saturated rings. The smallest absolute Gasteiger partial charge is 0.0156 e. The summed E-state index contributed by atoms with van der Waals surface area (Å²) >= 11 is 0. The van der Waals surface area contributed by atoms with Gasteiger partial charge in [-0.2, -0.15) is 0 Å². The van der Waals surface area contributed by atoms with Gasteiger partial charge in [-0.1, -0.05) is 82.3 Å². The molecule has 0 amide bonds. The van der Waals surface area contributed by atoms with Crippen LogP contribution < -0.4 is 5.32 Å². The maximum Gasteiger partial charge on any atom is 0.0156 e. The van der Waals surface area contributed by atoms with E-state index in [0.717, 1.165) is 6.54 Å². The summed E-state index contributed by atoms with van der Waals surface area (Å²) in [4.78, 5) is 0. The zero-order chi connectivity index (χ0) is 15.2. The lowest BCUT2D eigenvalue weighted by molar-refractivity contribution is 0.360. The molecule has 1 heteroatoms. The van der Waals surface area contributed by atoms with Crippen molar-refractivity contribution in [1.82, 2.24) is 5.32 Å². The van der Waals surface area contributed by atoms with Gasteiger partial charge in [-0.15, -0.1) is 0 Å². The van der Waals surface area contributed by atoms with Crippen LogP contribution in [0.5, 0.6) is 0 Å². The second kappa shape index (κ2) is 7.42. The summed E-state index contributed by atoms with van der Waals surface area (Å²) < 4.78 is 0. The molecule has 112 valence electrons. The zero-order valence-corrected chi connectivity index (χ0v) is 13.6. The minimum Gasteiger partial charge on any atom is -0.313 e. The third kappa shape index (κ3) is 3.95. The summed E-state index contributed by atoms with van der Waals surface area (Å²) in [6, 6.07) is 20.1. The second-order valence-corrected chi connectivity index (χ2v) is 6.10. The first kappa shape index (κ1) is 15.8. The first-order valence-electron chi connectivity index (χ1n) is 8.02. The molecule has 0 saturated heterocycles. The van der Waals surface area contributed by atoms with Crippen molar-refractivity contribution >= 4 is 0 Å². The average Bonchev–Trinajstić information content (AvgIpc) is 2.53. The quantitative estimate of drug-likeness (QED) is 0.777. The van der Waals surface area contributed by atoms with E-state index in [1.54, 1.807) is 0 Å². The van der Waals surface area contributed by atoms with E-state index in [0.29, 0.717) is 17.9 Å². The van der Waals surface area contributed by atoms with E-state index in [2.05, 4.69) is 87.6 Å². The lowest BCUT2D eigenvalue weighted by Crippen LogP contribution is -2.38. The molecule has 0 spiro atoms. The minimum atomic E-state index is 0.523. The molecular formula is C20H27N. The normalized spacial score (nSPS) is 14.1. The van der Waals surface area contributed by atoms with Crippen LogP contribution in [0.3, 0.4) is 0 Å². The van der Waals surface area contributed by atoms with Crippen LogP contribution in [0, 0.1) is 5.92 Å². The van der Waals surface area contributed by atoms with Crippen molar-refractivity contribution in [1.29, 1.82) is 0 Å².